The molecule has 1 atom stereocenters. The quantitative estimate of drug-likeness (QED) is 0.608. The highest BCUT2D eigenvalue weighted by atomic mass is 32.2. The number of benzene rings is 1. The maximum absolute atomic E-state index is 12.2. The Kier molecular flexibility index (Phi) is 5.65. The minimum atomic E-state index is -0.477. The van der Waals surface area contributed by atoms with Crippen LogP contribution in [0.1, 0.15) is 12.7 Å². The Morgan fingerprint density at radius 1 is 1.15 bits per heavy atom. The number of thioether (sulfide) groups is 1. The van der Waals surface area contributed by atoms with Gasteiger partial charge in [0.25, 0.3) is 5.22 Å². The number of anilines is 1. The van der Waals surface area contributed by atoms with Crippen LogP contribution in [0.3, 0.4) is 0 Å². The number of nitrogens with zero attached hydrogens (tertiary/aromatic N) is 3. The molecule has 3 rings (SSSR count). The third-order valence-corrected chi connectivity index (χ3v) is 4.47. The number of rotatable bonds is 7. The van der Waals surface area contributed by atoms with Crippen LogP contribution < -0.4 is 14.8 Å². The third-order valence-electron chi connectivity index (χ3n) is 3.53. The van der Waals surface area contributed by atoms with E-state index in [-0.39, 0.29) is 11.1 Å². The monoisotopic (exact) mass is 390 g/mol. The lowest BCUT2D eigenvalue weighted by atomic mass is 10.2. The van der Waals surface area contributed by atoms with Crippen molar-refractivity contribution < 1.29 is 23.2 Å². The molecule has 27 heavy (non-hydrogen) atoms. The summed E-state index contributed by atoms with van der Waals surface area (Å²) in [5, 5.41) is 14.2. The molecule has 0 aliphatic carbocycles. The lowest BCUT2D eigenvalue weighted by Crippen LogP contribution is -2.22. The average molecular weight is 390 g/mol. The van der Waals surface area contributed by atoms with Crippen LogP contribution in [0, 0.1) is 6.92 Å². The van der Waals surface area contributed by atoms with E-state index in [0.29, 0.717) is 34.5 Å². The summed E-state index contributed by atoms with van der Waals surface area (Å²) in [7, 11) is 3.12. The summed E-state index contributed by atoms with van der Waals surface area (Å²) in [5.41, 5.74) is 0.653. The number of carbonyl (C=O) groups excluding carboxylic acids is 1. The molecular formula is C17H18N4O5S. The summed E-state index contributed by atoms with van der Waals surface area (Å²) in [4.78, 5) is 12.2. The Morgan fingerprint density at radius 2 is 1.85 bits per heavy atom. The van der Waals surface area contributed by atoms with Crippen LogP contribution in [0.15, 0.2) is 38.4 Å². The summed E-state index contributed by atoms with van der Waals surface area (Å²) in [6.45, 7) is 3.47. The normalized spacial score (nSPS) is 11.9. The molecular weight excluding hydrogens is 372 g/mol. The number of ether oxygens (including phenoxy) is 2. The van der Waals surface area contributed by atoms with Gasteiger partial charge in [0.1, 0.15) is 17.3 Å². The molecule has 2 aromatic heterocycles. The predicted octanol–water partition coefficient (Wildman–Crippen LogP) is 3.17. The topological polar surface area (TPSA) is 113 Å². The second kappa shape index (κ2) is 8.12. The van der Waals surface area contributed by atoms with Gasteiger partial charge in [0.15, 0.2) is 5.82 Å². The summed E-state index contributed by atoms with van der Waals surface area (Å²) < 4.78 is 21.1. The molecule has 1 amide bonds. The first-order chi connectivity index (χ1) is 13.0. The van der Waals surface area contributed by atoms with E-state index in [9.17, 15) is 4.79 Å². The van der Waals surface area contributed by atoms with E-state index >= 15 is 0 Å². The van der Waals surface area contributed by atoms with Crippen LogP contribution in [0.25, 0.3) is 11.5 Å². The van der Waals surface area contributed by atoms with Crippen molar-refractivity contribution in [2.45, 2.75) is 24.3 Å². The minimum Gasteiger partial charge on any atom is -0.497 e. The molecule has 3 aromatic rings. The maximum Gasteiger partial charge on any atom is 0.277 e. The van der Waals surface area contributed by atoms with E-state index in [1.165, 1.54) is 0 Å². The van der Waals surface area contributed by atoms with Crippen LogP contribution in [-0.2, 0) is 4.79 Å². The smallest absolute Gasteiger partial charge is 0.277 e. The highest BCUT2D eigenvalue weighted by Crippen LogP contribution is 2.31. The van der Waals surface area contributed by atoms with Gasteiger partial charge >= 0.3 is 0 Å². The summed E-state index contributed by atoms with van der Waals surface area (Å²) in [6.07, 6.45) is 0. The number of hydrogen-bond donors (Lipinski definition) is 1. The van der Waals surface area contributed by atoms with Gasteiger partial charge in [0.2, 0.25) is 11.8 Å². The molecule has 0 radical (unpaired) electrons. The number of aryl methyl sites for hydroxylation is 1. The van der Waals surface area contributed by atoms with E-state index in [1.54, 1.807) is 52.3 Å². The Balaban J connectivity index is 1.69. The first-order valence-electron chi connectivity index (χ1n) is 7.96. The van der Waals surface area contributed by atoms with Crippen molar-refractivity contribution in [2.75, 3.05) is 19.5 Å². The molecule has 0 fully saturated rings. The van der Waals surface area contributed by atoms with Crippen LogP contribution in [0.5, 0.6) is 11.5 Å². The fourth-order valence-corrected chi connectivity index (χ4v) is 2.85. The first-order valence-corrected chi connectivity index (χ1v) is 8.84. The molecule has 0 aliphatic heterocycles. The standard InChI is InChI=1S/C17H18N4O5S/c1-9-5-14(21-26-9)18-15(22)10(2)27-17-20-19-16(25-17)11-6-12(23-3)8-13(7-11)24-4/h5-8,10H,1-4H3,(H,18,21,22)/t10-/m1/s1. The van der Waals surface area contributed by atoms with Gasteiger partial charge in [-0.1, -0.05) is 16.9 Å². The van der Waals surface area contributed by atoms with Gasteiger partial charge in [-0.05, 0) is 26.0 Å². The fourth-order valence-electron chi connectivity index (χ4n) is 2.16. The highest BCUT2D eigenvalue weighted by molar-refractivity contribution is 8.00. The summed E-state index contributed by atoms with van der Waals surface area (Å²) in [5.74, 6) is 2.23. The van der Waals surface area contributed by atoms with E-state index in [2.05, 4.69) is 20.7 Å². The molecule has 0 bridgehead atoms. The number of carbonyl (C=O) groups is 1. The van der Waals surface area contributed by atoms with Crippen LogP contribution in [-0.4, -0.2) is 40.7 Å². The Labute approximate surface area is 159 Å². The molecule has 10 heteroatoms. The van der Waals surface area contributed by atoms with E-state index in [4.69, 9.17) is 18.4 Å². The van der Waals surface area contributed by atoms with Crippen molar-refractivity contribution in [1.82, 2.24) is 15.4 Å². The van der Waals surface area contributed by atoms with Gasteiger partial charge in [-0.3, -0.25) is 4.79 Å². The fraction of sp³-hybridized carbons (Fsp3) is 0.294. The van der Waals surface area contributed by atoms with Crippen LogP contribution >= 0.6 is 11.8 Å². The van der Waals surface area contributed by atoms with Crippen molar-refractivity contribution >= 4 is 23.5 Å². The molecule has 0 aliphatic rings. The van der Waals surface area contributed by atoms with Crippen molar-refractivity contribution in [2.24, 2.45) is 0 Å². The van der Waals surface area contributed by atoms with Crippen molar-refractivity contribution in [3.8, 4) is 23.0 Å². The minimum absolute atomic E-state index is 0.254. The molecule has 2 heterocycles. The van der Waals surface area contributed by atoms with Gasteiger partial charge in [-0.2, -0.15) is 0 Å². The summed E-state index contributed by atoms with van der Waals surface area (Å²) >= 11 is 1.14. The molecule has 0 spiro atoms. The average Bonchev–Trinajstić information content (AvgIpc) is 3.30. The summed E-state index contributed by atoms with van der Waals surface area (Å²) in [6, 6.07) is 6.89. The highest BCUT2D eigenvalue weighted by Gasteiger charge is 2.20. The zero-order valence-electron chi connectivity index (χ0n) is 15.2. The van der Waals surface area contributed by atoms with Gasteiger partial charge in [-0.25, -0.2) is 0 Å². The number of aromatic nitrogens is 3. The molecule has 1 N–H and O–H groups in total. The van der Waals surface area contributed by atoms with Crippen molar-refractivity contribution in [3.63, 3.8) is 0 Å². The molecule has 9 nitrogen and oxygen atoms in total. The van der Waals surface area contributed by atoms with Gasteiger partial charge in [0.05, 0.1) is 19.5 Å². The van der Waals surface area contributed by atoms with E-state index in [0.717, 1.165) is 11.8 Å². The lowest BCUT2D eigenvalue weighted by Gasteiger charge is -2.07. The van der Waals surface area contributed by atoms with Crippen molar-refractivity contribution in [1.29, 1.82) is 0 Å². The molecule has 0 saturated heterocycles. The Bertz CT molecular complexity index is 917. The number of amides is 1. The van der Waals surface area contributed by atoms with Crippen LogP contribution in [0.2, 0.25) is 0 Å². The van der Waals surface area contributed by atoms with E-state index < -0.39 is 5.25 Å². The molecule has 0 unspecified atom stereocenters. The Hall–Kier alpha value is -3.01. The van der Waals surface area contributed by atoms with Crippen molar-refractivity contribution in [3.05, 3.63) is 30.0 Å². The first kappa shape index (κ1) is 18.8. The number of methoxy groups -OCH3 is 2. The number of hydrogen-bond acceptors (Lipinski definition) is 9. The van der Waals surface area contributed by atoms with Crippen LogP contribution in [0.4, 0.5) is 5.82 Å². The Morgan fingerprint density at radius 3 is 2.44 bits per heavy atom. The molecule has 142 valence electrons. The molecule has 0 saturated carbocycles. The van der Waals surface area contributed by atoms with Gasteiger partial charge in [0, 0.05) is 17.7 Å². The predicted molar refractivity (Wildman–Crippen MR) is 98.0 cm³/mol. The second-order valence-electron chi connectivity index (χ2n) is 5.55. The SMILES string of the molecule is COc1cc(OC)cc(-c2nnc(S[C@H](C)C(=O)Nc3cc(C)on3)o2)c1. The third kappa shape index (κ3) is 4.59. The zero-order chi connectivity index (χ0) is 19.4. The maximum atomic E-state index is 12.2. The van der Waals surface area contributed by atoms with Gasteiger partial charge < -0.3 is 23.7 Å². The van der Waals surface area contributed by atoms with Gasteiger partial charge in [-0.15, -0.1) is 10.2 Å². The van der Waals surface area contributed by atoms with E-state index in [1.807, 2.05) is 0 Å². The second-order valence-corrected chi connectivity index (χ2v) is 6.84. The zero-order valence-corrected chi connectivity index (χ0v) is 16.0. The molecule has 1 aromatic carbocycles. The number of nitrogens with one attached hydrogen (secondary N) is 1. The lowest BCUT2D eigenvalue weighted by molar-refractivity contribution is -0.115. The largest absolute Gasteiger partial charge is 0.497 e.